The first-order valence-corrected chi connectivity index (χ1v) is 6.44. The standard InChI is InChI=1S/C14H22N2O4/c1-11-3-4-13(12(15)9-11)16-14(17)10-20-8-7-19-6-5-18-2/h3-4,9H,5-8,10,15H2,1-2H3,(H,16,17). The normalized spacial score (nSPS) is 10.5. The summed E-state index contributed by atoms with van der Waals surface area (Å²) < 4.78 is 15.2. The molecule has 0 radical (unpaired) electrons. The Hall–Kier alpha value is -1.63. The number of methoxy groups -OCH3 is 1. The van der Waals surface area contributed by atoms with Gasteiger partial charge < -0.3 is 25.3 Å². The van der Waals surface area contributed by atoms with Crippen molar-refractivity contribution in [2.24, 2.45) is 0 Å². The number of hydrogen-bond donors (Lipinski definition) is 2. The number of ether oxygens (including phenoxy) is 3. The molecule has 20 heavy (non-hydrogen) atoms. The van der Waals surface area contributed by atoms with Gasteiger partial charge in [0.25, 0.3) is 0 Å². The molecule has 0 atom stereocenters. The molecular weight excluding hydrogens is 260 g/mol. The highest BCUT2D eigenvalue weighted by molar-refractivity contribution is 5.94. The van der Waals surface area contributed by atoms with Crippen molar-refractivity contribution in [2.75, 3.05) is 51.2 Å². The number of benzene rings is 1. The van der Waals surface area contributed by atoms with Gasteiger partial charge in [0.1, 0.15) is 6.61 Å². The van der Waals surface area contributed by atoms with E-state index in [1.165, 1.54) is 0 Å². The van der Waals surface area contributed by atoms with Gasteiger partial charge in [-0.3, -0.25) is 4.79 Å². The Morgan fingerprint density at radius 1 is 1.20 bits per heavy atom. The molecule has 0 heterocycles. The molecule has 0 spiro atoms. The Labute approximate surface area is 119 Å². The van der Waals surface area contributed by atoms with Crippen LogP contribution in [0.4, 0.5) is 11.4 Å². The molecule has 112 valence electrons. The number of anilines is 2. The second-order valence-corrected chi connectivity index (χ2v) is 4.30. The van der Waals surface area contributed by atoms with Crippen molar-refractivity contribution in [2.45, 2.75) is 6.92 Å². The Morgan fingerprint density at radius 2 is 1.90 bits per heavy atom. The fourth-order valence-electron chi connectivity index (χ4n) is 1.51. The van der Waals surface area contributed by atoms with Crippen LogP contribution >= 0.6 is 0 Å². The Balaban J connectivity index is 2.17. The lowest BCUT2D eigenvalue weighted by atomic mass is 10.2. The summed E-state index contributed by atoms with van der Waals surface area (Å²) in [5.74, 6) is -0.238. The number of nitrogens with two attached hydrogens (primary N) is 1. The van der Waals surface area contributed by atoms with E-state index in [4.69, 9.17) is 19.9 Å². The van der Waals surface area contributed by atoms with Crippen LogP contribution in [0.15, 0.2) is 18.2 Å². The van der Waals surface area contributed by atoms with Crippen molar-refractivity contribution in [1.82, 2.24) is 0 Å². The van der Waals surface area contributed by atoms with Gasteiger partial charge in [0.15, 0.2) is 0 Å². The second kappa shape index (κ2) is 9.30. The van der Waals surface area contributed by atoms with Gasteiger partial charge in [-0.05, 0) is 24.6 Å². The van der Waals surface area contributed by atoms with Gasteiger partial charge in [-0.25, -0.2) is 0 Å². The lowest BCUT2D eigenvalue weighted by molar-refractivity contribution is -0.121. The summed E-state index contributed by atoms with van der Waals surface area (Å²) >= 11 is 0. The van der Waals surface area contributed by atoms with Crippen LogP contribution in [-0.2, 0) is 19.0 Å². The molecule has 0 aliphatic heterocycles. The van der Waals surface area contributed by atoms with E-state index in [0.717, 1.165) is 5.56 Å². The van der Waals surface area contributed by atoms with Crippen LogP contribution in [0.5, 0.6) is 0 Å². The van der Waals surface area contributed by atoms with Crippen molar-refractivity contribution in [1.29, 1.82) is 0 Å². The monoisotopic (exact) mass is 282 g/mol. The van der Waals surface area contributed by atoms with Gasteiger partial charge in [-0.2, -0.15) is 0 Å². The number of carbonyl (C=O) groups excluding carboxylic acids is 1. The number of aryl methyl sites for hydroxylation is 1. The molecule has 1 amide bonds. The first kappa shape index (κ1) is 16.4. The van der Waals surface area contributed by atoms with E-state index in [1.807, 2.05) is 13.0 Å². The Kier molecular flexibility index (Phi) is 7.64. The summed E-state index contributed by atoms with van der Waals surface area (Å²) in [5.41, 5.74) is 7.99. The van der Waals surface area contributed by atoms with Gasteiger partial charge in [-0.15, -0.1) is 0 Å². The molecule has 0 aliphatic rings. The molecular formula is C14H22N2O4. The maximum Gasteiger partial charge on any atom is 0.250 e. The highest BCUT2D eigenvalue weighted by Crippen LogP contribution is 2.19. The summed E-state index contributed by atoms with van der Waals surface area (Å²) in [6, 6.07) is 5.47. The van der Waals surface area contributed by atoms with Gasteiger partial charge in [0, 0.05) is 7.11 Å². The number of nitrogen functional groups attached to an aromatic ring is 1. The van der Waals surface area contributed by atoms with Gasteiger partial charge >= 0.3 is 0 Å². The summed E-state index contributed by atoms with van der Waals surface area (Å²) in [4.78, 5) is 11.6. The largest absolute Gasteiger partial charge is 0.397 e. The lowest BCUT2D eigenvalue weighted by Gasteiger charge is -2.09. The molecule has 6 heteroatoms. The minimum atomic E-state index is -0.238. The van der Waals surface area contributed by atoms with Crippen LogP contribution in [0.1, 0.15) is 5.56 Å². The fourth-order valence-corrected chi connectivity index (χ4v) is 1.51. The van der Waals surface area contributed by atoms with E-state index in [1.54, 1.807) is 19.2 Å². The van der Waals surface area contributed by atoms with E-state index < -0.39 is 0 Å². The third-order valence-corrected chi connectivity index (χ3v) is 2.52. The summed E-state index contributed by atoms with van der Waals surface area (Å²) in [5, 5.41) is 2.70. The Morgan fingerprint density at radius 3 is 2.60 bits per heavy atom. The van der Waals surface area contributed by atoms with E-state index >= 15 is 0 Å². The van der Waals surface area contributed by atoms with Crippen LogP contribution in [0.25, 0.3) is 0 Å². The Bertz CT molecular complexity index is 424. The molecule has 0 fully saturated rings. The second-order valence-electron chi connectivity index (χ2n) is 4.30. The molecule has 0 aliphatic carbocycles. The maximum absolute atomic E-state index is 11.6. The minimum absolute atomic E-state index is 0.0268. The maximum atomic E-state index is 11.6. The molecule has 6 nitrogen and oxygen atoms in total. The predicted molar refractivity (Wildman–Crippen MR) is 77.7 cm³/mol. The zero-order valence-corrected chi connectivity index (χ0v) is 12.0. The van der Waals surface area contributed by atoms with Crippen molar-refractivity contribution in [3.8, 4) is 0 Å². The van der Waals surface area contributed by atoms with Gasteiger partial charge in [0.05, 0.1) is 37.8 Å². The highest BCUT2D eigenvalue weighted by atomic mass is 16.5. The summed E-state index contributed by atoms with van der Waals surface area (Å²) in [6.45, 7) is 3.78. The molecule has 0 saturated carbocycles. The van der Waals surface area contributed by atoms with Crippen LogP contribution < -0.4 is 11.1 Å². The molecule has 3 N–H and O–H groups in total. The minimum Gasteiger partial charge on any atom is -0.397 e. The molecule has 0 saturated heterocycles. The number of carbonyl (C=O) groups is 1. The lowest BCUT2D eigenvalue weighted by Crippen LogP contribution is -2.20. The van der Waals surface area contributed by atoms with E-state index in [0.29, 0.717) is 37.8 Å². The molecule has 0 unspecified atom stereocenters. The first-order valence-electron chi connectivity index (χ1n) is 6.44. The highest BCUT2D eigenvalue weighted by Gasteiger charge is 2.05. The number of rotatable bonds is 9. The van der Waals surface area contributed by atoms with Crippen molar-refractivity contribution in [3.63, 3.8) is 0 Å². The van der Waals surface area contributed by atoms with Crippen LogP contribution in [0, 0.1) is 6.92 Å². The number of nitrogens with one attached hydrogen (secondary N) is 1. The zero-order valence-electron chi connectivity index (χ0n) is 12.0. The van der Waals surface area contributed by atoms with Crippen LogP contribution in [0.2, 0.25) is 0 Å². The van der Waals surface area contributed by atoms with Crippen LogP contribution in [-0.4, -0.2) is 46.1 Å². The smallest absolute Gasteiger partial charge is 0.250 e. The van der Waals surface area contributed by atoms with E-state index in [9.17, 15) is 4.79 Å². The van der Waals surface area contributed by atoms with E-state index in [-0.39, 0.29) is 12.5 Å². The van der Waals surface area contributed by atoms with Gasteiger partial charge in [0.2, 0.25) is 5.91 Å². The topological polar surface area (TPSA) is 82.8 Å². The van der Waals surface area contributed by atoms with E-state index in [2.05, 4.69) is 5.32 Å². The average Bonchev–Trinajstić information content (AvgIpc) is 2.41. The van der Waals surface area contributed by atoms with Crippen molar-refractivity contribution >= 4 is 17.3 Å². The summed E-state index contributed by atoms with van der Waals surface area (Å²) in [7, 11) is 1.61. The molecule has 0 aromatic heterocycles. The van der Waals surface area contributed by atoms with Crippen molar-refractivity contribution in [3.05, 3.63) is 23.8 Å². The third kappa shape index (κ3) is 6.51. The zero-order chi connectivity index (χ0) is 14.8. The third-order valence-electron chi connectivity index (χ3n) is 2.52. The molecule has 1 aromatic rings. The predicted octanol–water partition coefficient (Wildman–Crippen LogP) is 1.20. The average molecular weight is 282 g/mol. The molecule has 1 rings (SSSR count). The first-order chi connectivity index (χ1) is 9.63. The van der Waals surface area contributed by atoms with Gasteiger partial charge in [-0.1, -0.05) is 6.07 Å². The molecule has 0 bridgehead atoms. The van der Waals surface area contributed by atoms with Crippen molar-refractivity contribution < 1.29 is 19.0 Å². The quantitative estimate of drug-likeness (QED) is 0.525. The fraction of sp³-hybridized carbons (Fsp3) is 0.500. The van der Waals surface area contributed by atoms with Crippen LogP contribution in [0.3, 0.4) is 0 Å². The SMILES string of the molecule is COCCOCCOCC(=O)Nc1ccc(C)cc1N. The molecule has 1 aromatic carbocycles. The number of hydrogen-bond acceptors (Lipinski definition) is 5. The number of amides is 1. The summed E-state index contributed by atoms with van der Waals surface area (Å²) in [6.07, 6.45) is 0.